The number of fused-ring (bicyclic) bond motifs is 1. The second kappa shape index (κ2) is 5.24. The second-order valence-electron chi connectivity index (χ2n) is 7.94. The van der Waals surface area contributed by atoms with Gasteiger partial charge in [0, 0.05) is 24.0 Å². The molecule has 1 amide bonds. The van der Waals surface area contributed by atoms with Crippen LogP contribution in [0.1, 0.15) is 59.3 Å². The van der Waals surface area contributed by atoms with Crippen LogP contribution in [0.4, 0.5) is 0 Å². The molecule has 4 heteroatoms. The lowest BCUT2D eigenvalue weighted by atomic mass is 9.46. The molecular weight excluding hydrogens is 264 g/mol. The molecule has 21 heavy (non-hydrogen) atoms. The lowest BCUT2D eigenvalue weighted by Gasteiger charge is -2.65. The molecule has 3 aliphatic rings. The molecule has 3 N–H and O–H groups in total. The zero-order chi connectivity index (χ0) is 15.3. The van der Waals surface area contributed by atoms with Gasteiger partial charge < -0.3 is 15.8 Å². The predicted molar refractivity (Wildman–Crippen MR) is 82.7 cm³/mol. The summed E-state index contributed by atoms with van der Waals surface area (Å²) in [5.74, 6) is 0.842. The molecule has 0 bridgehead atoms. The summed E-state index contributed by atoms with van der Waals surface area (Å²) in [7, 11) is 0. The molecular formula is C17H30N2O2. The van der Waals surface area contributed by atoms with E-state index in [4.69, 9.17) is 10.5 Å². The monoisotopic (exact) mass is 294 g/mol. The highest BCUT2D eigenvalue weighted by Crippen LogP contribution is 2.57. The Morgan fingerprint density at radius 2 is 1.90 bits per heavy atom. The standard InChI is InChI=1S/C17H30N2O2/c1-11(12-7-4-5-8-12)19-15(20)17(18)13-9-6-10-21-14(13)16(17,2)3/h11-14H,4-10,18H2,1-3H3,(H,19,20)/t11-,13?,14?,17?/m1/s1. The maximum atomic E-state index is 12.9. The molecule has 2 aliphatic carbocycles. The zero-order valence-corrected chi connectivity index (χ0v) is 13.7. The predicted octanol–water partition coefficient (Wildman–Crippen LogP) is 2.21. The van der Waals surface area contributed by atoms with Gasteiger partial charge >= 0.3 is 0 Å². The SMILES string of the molecule is C[C@@H](NC(=O)C1(N)C2CCCOC2C1(C)C)C1CCCC1. The van der Waals surface area contributed by atoms with Gasteiger partial charge in [-0.05, 0) is 38.5 Å². The van der Waals surface area contributed by atoms with E-state index in [1.807, 2.05) is 0 Å². The molecule has 0 aromatic heterocycles. The highest BCUT2D eigenvalue weighted by Gasteiger charge is 2.70. The number of hydrogen-bond donors (Lipinski definition) is 2. The molecule has 0 radical (unpaired) electrons. The number of amides is 1. The lowest BCUT2D eigenvalue weighted by molar-refractivity contribution is -0.225. The quantitative estimate of drug-likeness (QED) is 0.839. The molecule has 2 saturated carbocycles. The fourth-order valence-corrected chi connectivity index (χ4v) is 4.94. The van der Waals surface area contributed by atoms with Gasteiger partial charge in [-0.3, -0.25) is 4.79 Å². The van der Waals surface area contributed by atoms with E-state index in [-0.39, 0.29) is 29.4 Å². The Kier molecular flexibility index (Phi) is 3.81. The molecule has 3 fully saturated rings. The number of carbonyl (C=O) groups excluding carboxylic acids is 1. The first-order valence-electron chi connectivity index (χ1n) is 8.60. The topological polar surface area (TPSA) is 64.4 Å². The van der Waals surface area contributed by atoms with Crippen LogP contribution in [-0.2, 0) is 9.53 Å². The summed E-state index contributed by atoms with van der Waals surface area (Å²) in [6, 6.07) is 0.236. The van der Waals surface area contributed by atoms with Crippen molar-refractivity contribution in [3.8, 4) is 0 Å². The van der Waals surface area contributed by atoms with Crippen LogP contribution in [0.15, 0.2) is 0 Å². The van der Waals surface area contributed by atoms with E-state index < -0.39 is 5.54 Å². The first kappa shape index (κ1) is 15.3. The molecule has 3 unspecified atom stereocenters. The van der Waals surface area contributed by atoms with E-state index >= 15 is 0 Å². The first-order chi connectivity index (χ1) is 9.89. The Bertz CT molecular complexity index is 417. The van der Waals surface area contributed by atoms with E-state index in [9.17, 15) is 4.79 Å². The number of rotatable bonds is 3. The minimum atomic E-state index is -0.773. The van der Waals surface area contributed by atoms with Gasteiger partial charge in [0.1, 0.15) is 5.54 Å². The van der Waals surface area contributed by atoms with Crippen LogP contribution in [0, 0.1) is 17.3 Å². The van der Waals surface area contributed by atoms with Gasteiger partial charge in [0.05, 0.1) is 6.10 Å². The number of nitrogens with one attached hydrogen (secondary N) is 1. The Morgan fingerprint density at radius 3 is 2.57 bits per heavy atom. The van der Waals surface area contributed by atoms with E-state index in [1.54, 1.807) is 0 Å². The lowest BCUT2D eigenvalue weighted by Crippen LogP contribution is -2.82. The van der Waals surface area contributed by atoms with E-state index in [2.05, 4.69) is 26.1 Å². The summed E-state index contributed by atoms with van der Waals surface area (Å²) in [6.45, 7) is 7.11. The smallest absolute Gasteiger partial charge is 0.241 e. The number of carbonyl (C=O) groups is 1. The molecule has 1 heterocycles. The summed E-state index contributed by atoms with van der Waals surface area (Å²) in [4.78, 5) is 12.9. The summed E-state index contributed by atoms with van der Waals surface area (Å²) in [6.07, 6.45) is 7.22. The minimum absolute atomic E-state index is 0.0404. The van der Waals surface area contributed by atoms with Crippen molar-refractivity contribution >= 4 is 5.91 Å². The van der Waals surface area contributed by atoms with Crippen LogP contribution in [0.2, 0.25) is 0 Å². The van der Waals surface area contributed by atoms with Crippen molar-refractivity contribution in [2.24, 2.45) is 23.0 Å². The maximum absolute atomic E-state index is 12.9. The Labute approximate surface area is 128 Å². The van der Waals surface area contributed by atoms with Gasteiger partial charge in [0.25, 0.3) is 0 Å². The molecule has 120 valence electrons. The molecule has 4 nitrogen and oxygen atoms in total. The van der Waals surface area contributed by atoms with Crippen molar-refractivity contribution in [1.82, 2.24) is 5.32 Å². The Hall–Kier alpha value is -0.610. The van der Waals surface area contributed by atoms with Gasteiger partial charge in [0.15, 0.2) is 0 Å². The highest BCUT2D eigenvalue weighted by atomic mass is 16.5. The molecule has 0 aromatic rings. The van der Waals surface area contributed by atoms with Crippen molar-refractivity contribution in [3.05, 3.63) is 0 Å². The minimum Gasteiger partial charge on any atom is -0.377 e. The van der Waals surface area contributed by atoms with Crippen molar-refractivity contribution in [3.63, 3.8) is 0 Å². The fourth-order valence-electron chi connectivity index (χ4n) is 4.94. The van der Waals surface area contributed by atoms with Crippen molar-refractivity contribution in [2.45, 2.75) is 77.0 Å². The van der Waals surface area contributed by atoms with E-state index in [0.29, 0.717) is 5.92 Å². The zero-order valence-electron chi connectivity index (χ0n) is 13.7. The normalized spacial score (nSPS) is 40.2. The van der Waals surface area contributed by atoms with Crippen LogP contribution < -0.4 is 11.1 Å². The third-order valence-electron chi connectivity index (χ3n) is 6.53. The molecule has 1 aliphatic heterocycles. The van der Waals surface area contributed by atoms with Crippen LogP contribution in [0.25, 0.3) is 0 Å². The molecule has 1 saturated heterocycles. The number of nitrogens with two attached hydrogens (primary N) is 1. The summed E-state index contributed by atoms with van der Waals surface area (Å²) in [5, 5.41) is 3.23. The van der Waals surface area contributed by atoms with Crippen LogP contribution >= 0.6 is 0 Å². The van der Waals surface area contributed by atoms with E-state index in [0.717, 1.165) is 19.4 Å². The summed E-state index contributed by atoms with van der Waals surface area (Å²) in [5.41, 5.74) is 5.58. The van der Waals surface area contributed by atoms with Crippen molar-refractivity contribution in [2.75, 3.05) is 6.61 Å². The fraction of sp³-hybridized carbons (Fsp3) is 0.941. The maximum Gasteiger partial charge on any atom is 0.241 e. The number of ether oxygens (including phenoxy) is 1. The highest BCUT2D eigenvalue weighted by molar-refractivity contribution is 5.89. The largest absolute Gasteiger partial charge is 0.377 e. The van der Waals surface area contributed by atoms with Gasteiger partial charge in [0.2, 0.25) is 5.91 Å². The molecule has 0 spiro atoms. The van der Waals surface area contributed by atoms with Crippen LogP contribution in [0.3, 0.4) is 0 Å². The molecule has 0 aromatic carbocycles. The Balaban J connectivity index is 1.70. The summed E-state index contributed by atoms with van der Waals surface area (Å²) >= 11 is 0. The number of hydrogen-bond acceptors (Lipinski definition) is 3. The summed E-state index contributed by atoms with van der Waals surface area (Å²) < 4.78 is 5.88. The van der Waals surface area contributed by atoms with Crippen LogP contribution in [-0.4, -0.2) is 30.2 Å². The van der Waals surface area contributed by atoms with Crippen LogP contribution in [0.5, 0.6) is 0 Å². The molecule has 4 atom stereocenters. The van der Waals surface area contributed by atoms with Gasteiger partial charge in [-0.2, -0.15) is 0 Å². The first-order valence-corrected chi connectivity index (χ1v) is 8.60. The van der Waals surface area contributed by atoms with Crippen molar-refractivity contribution in [1.29, 1.82) is 0 Å². The molecule has 3 rings (SSSR count). The van der Waals surface area contributed by atoms with Crippen molar-refractivity contribution < 1.29 is 9.53 Å². The average molecular weight is 294 g/mol. The third-order valence-corrected chi connectivity index (χ3v) is 6.53. The second-order valence-corrected chi connectivity index (χ2v) is 7.94. The third kappa shape index (κ3) is 2.14. The average Bonchev–Trinajstić information content (AvgIpc) is 3.00. The Morgan fingerprint density at radius 1 is 1.24 bits per heavy atom. The van der Waals surface area contributed by atoms with Gasteiger partial charge in [-0.1, -0.05) is 26.7 Å². The van der Waals surface area contributed by atoms with Gasteiger partial charge in [-0.25, -0.2) is 0 Å². The van der Waals surface area contributed by atoms with Gasteiger partial charge in [-0.15, -0.1) is 0 Å². The van der Waals surface area contributed by atoms with E-state index in [1.165, 1.54) is 25.7 Å².